The van der Waals surface area contributed by atoms with Crippen LogP contribution in [0.2, 0.25) is 0 Å². The molecule has 4 nitrogen and oxygen atoms in total. The van der Waals surface area contributed by atoms with E-state index in [0.717, 1.165) is 12.3 Å². The van der Waals surface area contributed by atoms with E-state index < -0.39 is 0 Å². The van der Waals surface area contributed by atoms with Crippen LogP contribution in [0.25, 0.3) is 0 Å². The molecule has 1 aromatic carbocycles. The van der Waals surface area contributed by atoms with Gasteiger partial charge in [-0.1, -0.05) is 26.0 Å². The van der Waals surface area contributed by atoms with Gasteiger partial charge in [-0.2, -0.15) is 0 Å². The van der Waals surface area contributed by atoms with Crippen molar-refractivity contribution < 1.29 is 9.53 Å². The van der Waals surface area contributed by atoms with Crippen molar-refractivity contribution >= 4 is 5.91 Å². The Labute approximate surface area is 127 Å². The number of nitrogens with one attached hydrogen (secondary N) is 2. The van der Waals surface area contributed by atoms with Crippen LogP contribution in [-0.4, -0.2) is 26.1 Å². The Morgan fingerprint density at radius 3 is 2.48 bits per heavy atom. The van der Waals surface area contributed by atoms with Crippen LogP contribution in [0.5, 0.6) is 5.75 Å². The molecule has 1 aliphatic rings. The maximum atomic E-state index is 11.8. The van der Waals surface area contributed by atoms with Gasteiger partial charge in [-0.3, -0.25) is 4.79 Å². The van der Waals surface area contributed by atoms with E-state index in [4.69, 9.17) is 4.74 Å². The average molecular weight is 290 g/mol. The predicted molar refractivity (Wildman–Crippen MR) is 84.3 cm³/mol. The summed E-state index contributed by atoms with van der Waals surface area (Å²) >= 11 is 0. The maximum Gasteiger partial charge on any atom is 0.233 e. The molecule has 1 aliphatic carbocycles. The number of amides is 1. The second-order valence-corrected chi connectivity index (χ2v) is 6.17. The highest BCUT2D eigenvalue weighted by molar-refractivity contribution is 5.78. The van der Waals surface area contributed by atoms with Crippen molar-refractivity contribution in [2.45, 2.75) is 32.7 Å². The van der Waals surface area contributed by atoms with Crippen LogP contribution >= 0.6 is 0 Å². The molecule has 4 heteroatoms. The van der Waals surface area contributed by atoms with Gasteiger partial charge in [0.1, 0.15) is 5.75 Å². The van der Waals surface area contributed by atoms with E-state index in [1.807, 2.05) is 12.1 Å². The molecule has 0 saturated heterocycles. The van der Waals surface area contributed by atoms with Gasteiger partial charge < -0.3 is 15.4 Å². The fourth-order valence-corrected chi connectivity index (χ4v) is 2.38. The molecule has 1 aromatic rings. The van der Waals surface area contributed by atoms with Crippen LogP contribution in [0.3, 0.4) is 0 Å². The Bertz CT molecular complexity index is 452. The van der Waals surface area contributed by atoms with Crippen LogP contribution in [0.4, 0.5) is 0 Å². The number of ether oxygens (including phenoxy) is 1. The average Bonchev–Trinajstić information content (AvgIpc) is 3.31. The van der Waals surface area contributed by atoms with Gasteiger partial charge in [0.15, 0.2) is 0 Å². The van der Waals surface area contributed by atoms with Crippen molar-refractivity contribution in [3.05, 3.63) is 29.8 Å². The Hall–Kier alpha value is -1.55. The van der Waals surface area contributed by atoms with Crippen molar-refractivity contribution in [1.82, 2.24) is 10.6 Å². The summed E-state index contributed by atoms with van der Waals surface area (Å²) in [5.74, 6) is 2.07. The van der Waals surface area contributed by atoms with Crippen LogP contribution < -0.4 is 15.4 Å². The molecule has 1 saturated carbocycles. The number of hydrogen-bond acceptors (Lipinski definition) is 3. The molecule has 0 heterocycles. The molecule has 0 aromatic heterocycles. The summed E-state index contributed by atoms with van der Waals surface area (Å²) in [6, 6.07) is 8.39. The van der Waals surface area contributed by atoms with E-state index in [0.29, 0.717) is 18.4 Å². The molecule has 0 radical (unpaired) electrons. The number of hydrogen-bond donors (Lipinski definition) is 2. The van der Waals surface area contributed by atoms with Crippen LogP contribution in [0.1, 0.15) is 38.3 Å². The summed E-state index contributed by atoms with van der Waals surface area (Å²) in [4.78, 5) is 11.8. The smallest absolute Gasteiger partial charge is 0.233 e. The van der Waals surface area contributed by atoms with Crippen LogP contribution in [0.15, 0.2) is 24.3 Å². The number of carbonyl (C=O) groups is 1. The minimum atomic E-state index is 0.0721. The van der Waals surface area contributed by atoms with Crippen molar-refractivity contribution in [3.8, 4) is 5.75 Å². The van der Waals surface area contributed by atoms with Crippen molar-refractivity contribution in [2.24, 2.45) is 11.8 Å². The lowest BCUT2D eigenvalue weighted by molar-refractivity contribution is -0.120. The van der Waals surface area contributed by atoms with Crippen LogP contribution in [-0.2, 0) is 4.79 Å². The highest BCUT2D eigenvalue weighted by Crippen LogP contribution is 2.41. The minimum Gasteiger partial charge on any atom is -0.497 e. The van der Waals surface area contributed by atoms with Crippen molar-refractivity contribution in [3.63, 3.8) is 0 Å². The molecular formula is C17H26N2O2. The molecule has 1 unspecified atom stereocenters. The molecule has 2 rings (SSSR count). The molecule has 2 N–H and O–H groups in total. The first kappa shape index (κ1) is 15.8. The first-order valence-electron chi connectivity index (χ1n) is 7.74. The summed E-state index contributed by atoms with van der Waals surface area (Å²) in [5.41, 5.74) is 1.23. The van der Waals surface area contributed by atoms with Crippen LogP contribution in [0, 0.1) is 11.8 Å². The summed E-state index contributed by atoms with van der Waals surface area (Å²) in [6.07, 6.45) is 2.47. The maximum absolute atomic E-state index is 11.8. The zero-order valence-electron chi connectivity index (χ0n) is 13.2. The van der Waals surface area contributed by atoms with E-state index >= 15 is 0 Å². The van der Waals surface area contributed by atoms with Gasteiger partial charge in [0.05, 0.1) is 13.7 Å². The second kappa shape index (κ2) is 7.46. The molecule has 1 fully saturated rings. The first-order chi connectivity index (χ1) is 10.1. The van der Waals surface area contributed by atoms with Gasteiger partial charge >= 0.3 is 0 Å². The van der Waals surface area contributed by atoms with E-state index in [1.165, 1.54) is 18.4 Å². The fourth-order valence-electron chi connectivity index (χ4n) is 2.38. The standard InChI is InChI=1S/C17H26N2O2/c1-12(2)10-18-16(20)11-19-17(13-4-5-13)14-6-8-15(21-3)9-7-14/h6-9,12-13,17,19H,4-5,10-11H2,1-3H3,(H,18,20). The zero-order chi connectivity index (χ0) is 15.2. The minimum absolute atomic E-state index is 0.0721. The Morgan fingerprint density at radius 2 is 1.95 bits per heavy atom. The summed E-state index contributed by atoms with van der Waals surface area (Å²) in [6.45, 7) is 5.30. The normalized spacial score (nSPS) is 15.8. The van der Waals surface area contributed by atoms with E-state index in [9.17, 15) is 4.79 Å². The molecule has 1 amide bonds. The lowest BCUT2D eigenvalue weighted by Gasteiger charge is -2.19. The van der Waals surface area contributed by atoms with Gasteiger partial charge in [-0.15, -0.1) is 0 Å². The number of benzene rings is 1. The lowest BCUT2D eigenvalue weighted by atomic mass is 10.0. The molecule has 0 spiro atoms. The van der Waals surface area contributed by atoms with Gasteiger partial charge in [-0.25, -0.2) is 0 Å². The van der Waals surface area contributed by atoms with Gasteiger partial charge in [0.2, 0.25) is 5.91 Å². The molecule has 21 heavy (non-hydrogen) atoms. The first-order valence-corrected chi connectivity index (χ1v) is 7.74. The van der Waals surface area contributed by atoms with Crippen molar-refractivity contribution in [2.75, 3.05) is 20.2 Å². The third-order valence-corrected chi connectivity index (χ3v) is 3.76. The fraction of sp³-hybridized carbons (Fsp3) is 0.588. The Kier molecular flexibility index (Phi) is 5.62. The third kappa shape index (κ3) is 5.05. The second-order valence-electron chi connectivity index (χ2n) is 6.17. The van der Waals surface area contributed by atoms with Gasteiger partial charge in [0.25, 0.3) is 0 Å². The van der Waals surface area contributed by atoms with Gasteiger partial charge in [0, 0.05) is 12.6 Å². The molecule has 116 valence electrons. The largest absolute Gasteiger partial charge is 0.497 e. The molecule has 0 aliphatic heterocycles. The SMILES string of the molecule is COc1ccc(C(NCC(=O)NCC(C)C)C2CC2)cc1. The Morgan fingerprint density at radius 1 is 1.29 bits per heavy atom. The summed E-state index contributed by atoms with van der Waals surface area (Å²) in [7, 11) is 1.67. The number of rotatable bonds is 8. The third-order valence-electron chi connectivity index (χ3n) is 3.76. The monoisotopic (exact) mass is 290 g/mol. The lowest BCUT2D eigenvalue weighted by Crippen LogP contribution is -2.37. The Balaban J connectivity index is 1.88. The van der Waals surface area contributed by atoms with Gasteiger partial charge in [-0.05, 0) is 42.4 Å². The molecular weight excluding hydrogens is 264 g/mol. The summed E-state index contributed by atoms with van der Waals surface area (Å²) < 4.78 is 5.19. The van der Waals surface area contributed by atoms with E-state index in [1.54, 1.807) is 7.11 Å². The number of carbonyl (C=O) groups excluding carboxylic acids is 1. The molecule has 0 bridgehead atoms. The van der Waals surface area contributed by atoms with E-state index in [-0.39, 0.29) is 11.9 Å². The summed E-state index contributed by atoms with van der Waals surface area (Å²) in [5, 5.41) is 6.35. The van der Waals surface area contributed by atoms with Crippen molar-refractivity contribution in [1.29, 1.82) is 0 Å². The number of methoxy groups -OCH3 is 1. The predicted octanol–water partition coefficient (Wildman–Crippen LogP) is 2.51. The highest BCUT2D eigenvalue weighted by atomic mass is 16.5. The highest BCUT2D eigenvalue weighted by Gasteiger charge is 2.32. The van der Waals surface area contributed by atoms with E-state index in [2.05, 4.69) is 36.6 Å². The molecule has 1 atom stereocenters. The topological polar surface area (TPSA) is 50.4 Å². The quantitative estimate of drug-likeness (QED) is 0.773. The zero-order valence-corrected chi connectivity index (χ0v) is 13.2.